The summed E-state index contributed by atoms with van der Waals surface area (Å²) in [7, 11) is 0. The van der Waals surface area contributed by atoms with Crippen LogP contribution in [0.5, 0.6) is 5.75 Å². The van der Waals surface area contributed by atoms with Gasteiger partial charge in [0.2, 0.25) is 0 Å². The number of allylic oxidation sites excluding steroid dienone is 1. The fourth-order valence-corrected chi connectivity index (χ4v) is 4.64. The standard InChI is InChI=1S/C25H22F3N3O4S/c1-3-34-23(33)21-15(2)29-24-31(11-12-36-24)22(21)16-7-6-8-17(13-16)35-14-20(32)30-19-10-5-4-9-18(19)25(26,27)28/h4-13,22H,3,14H2,1-2H3,(H,30,32)/t22-/m0/s1. The zero-order valence-corrected chi connectivity index (χ0v) is 20.2. The molecule has 2 aromatic rings. The fourth-order valence-electron chi connectivity index (χ4n) is 3.85. The Labute approximate surface area is 209 Å². The number of amidine groups is 1. The van der Waals surface area contributed by atoms with Crippen LogP contribution in [0.3, 0.4) is 0 Å². The van der Waals surface area contributed by atoms with Crippen molar-refractivity contribution in [3.63, 3.8) is 0 Å². The van der Waals surface area contributed by atoms with Crippen molar-refractivity contribution < 1.29 is 32.2 Å². The lowest BCUT2D eigenvalue weighted by Crippen LogP contribution is -2.34. The van der Waals surface area contributed by atoms with Crippen molar-refractivity contribution in [2.45, 2.75) is 26.1 Å². The van der Waals surface area contributed by atoms with Crippen molar-refractivity contribution in [3.8, 4) is 5.75 Å². The third-order valence-corrected chi connectivity index (χ3v) is 6.14. The van der Waals surface area contributed by atoms with Crippen LogP contribution in [-0.2, 0) is 20.5 Å². The molecule has 2 aliphatic rings. The average molecular weight is 518 g/mol. The minimum Gasteiger partial charge on any atom is -0.484 e. The molecule has 36 heavy (non-hydrogen) atoms. The SMILES string of the molecule is CCOC(=O)C1=C(C)N=C2SC=CN2[C@H]1c1cccc(OCC(=O)Nc2ccccc2C(F)(F)F)c1. The quantitative estimate of drug-likeness (QED) is 0.490. The van der Waals surface area contributed by atoms with E-state index in [4.69, 9.17) is 9.47 Å². The summed E-state index contributed by atoms with van der Waals surface area (Å²) in [5, 5.41) is 4.81. The number of fused-ring (bicyclic) bond motifs is 1. The molecular weight excluding hydrogens is 495 g/mol. The molecule has 0 saturated heterocycles. The Balaban J connectivity index is 1.52. The van der Waals surface area contributed by atoms with Crippen LogP contribution in [0.2, 0.25) is 0 Å². The molecular formula is C25H22F3N3O4S. The molecule has 2 aromatic carbocycles. The molecule has 1 N–H and O–H groups in total. The maximum Gasteiger partial charge on any atom is 0.418 e. The minimum atomic E-state index is -4.61. The van der Waals surface area contributed by atoms with Gasteiger partial charge in [0.25, 0.3) is 5.91 Å². The van der Waals surface area contributed by atoms with Crippen molar-refractivity contribution >= 4 is 34.5 Å². The number of benzene rings is 2. The molecule has 0 saturated carbocycles. The van der Waals surface area contributed by atoms with Gasteiger partial charge >= 0.3 is 12.1 Å². The van der Waals surface area contributed by atoms with Gasteiger partial charge in [-0.25, -0.2) is 9.79 Å². The van der Waals surface area contributed by atoms with Crippen LogP contribution >= 0.6 is 11.8 Å². The van der Waals surface area contributed by atoms with Crippen LogP contribution in [0, 0.1) is 0 Å². The highest BCUT2D eigenvalue weighted by Gasteiger charge is 2.37. The number of alkyl halides is 3. The molecule has 0 unspecified atom stereocenters. The average Bonchev–Trinajstić information content (AvgIpc) is 3.30. The maximum absolute atomic E-state index is 13.2. The van der Waals surface area contributed by atoms with E-state index in [0.717, 1.165) is 6.07 Å². The topological polar surface area (TPSA) is 80.2 Å². The van der Waals surface area contributed by atoms with Crippen LogP contribution in [0.25, 0.3) is 0 Å². The van der Waals surface area contributed by atoms with Gasteiger partial charge in [0.15, 0.2) is 11.8 Å². The summed E-state index contributed by atoms with van der Waals surface area (Å²) in [6, 6.07) is 11.0. The number of hydrogen-bond donors (Lipinski definition) is 1. The van der Waals surface area contributed by atoms with Gasteiger partial charge in [-0.15, -0.1) is 0 Å². The first-order valence-electron chi connectivity index (χ1n) is 11.0. The lowest BCUT2D eigenvalue weighted by Gasteiger charge is -2.33. The summed E-state index contributed by atoms with van der Waals surface area (Å²) >= 11 is 1.42. The summed E-state index contributed by atoms with van der Waals surface area (Å²) in [6.07, 6.45) is -2.79. The number of nitrogens with one attached hydrogen (secondary N) is 1. The summed E-state index contributed by atoms with van der Waals surface area (Å²) < 4.78 is 50.4. The number of hydrogen-bond acceptors (Lipinski definition) is 7. The summed E-state index contributed by atoms with van der Waals surface area (Å²) in [5.41, 5.74) is 0.318. The van der Waals surface area contributed by atoms with E-state index >= 15 is 0 Å². The van der Waals surface area contributed by atoms with E-state index in [0.29, 0.717) is 27.8 Å². The van der Waals surface area contributed by atoms with E-state index in [1.807, 2.05) is 22.6 Å². The number of thioether (sulfide) groups is 1. The molecule has 0 spiro atoms. The van der Waals surface area contributed by atoms with E-state index in [2.05, 4.69) is 10.3 Å². The van der Waals surface area contributed by atoms with Gasteiger partial charge < -0.3 is 19.7 Å². The molecule has 0 aliphatic carbocycles. The van der Waals surface area contributed by atoms with Gasteiger partial charge in [0, 0.05) is 6.20 Å². The summed E-state index contributed by atoms with van der Waals surface area (Å²) in [6.45, 7) is 3.16. The Morgan fingerprint density at radius 1 is 1.17 bits per heavy atom. The number of ether oxygens (including phenoxy) is 2. The number of aliphatic imine (C=N–C) groups is 1. The predicted molar refractivity (Wildman–Crippen MR) is 130 cm³/mol. The maximum atomic E-state index is 13.2. The molecule has 2 aliphatic heterocycles. The van der Waals surface area contributed by atoms with Crippen LogP contribution in [0.1, 0.15) is 31.0 Å². The molecule has 0 bridgehead atoms. The van der Waals surface area contributed by atoms with E-state index < -0.39 is 36.3 Å². The zero-order valence-electron chi connectivity index (χ0n) is 19.3. The Bertz CT molecular complexity index is 1270. The van der Waals surface area contributed by atoms with Gasteiger partial charge in [0.1, 0.15) is 5.75 Å². The van der Waals surface area contributed by atoms with E-state index in [-0.39, 0.29) is 12.3 Å². The van der Waals surface area contributed by atoms with Gasteiger partial charge in [-0.1, -0.05) is 36.0 Å². The van der Waals surface area contributed by atoms with Crippen molar-refractivity contribution in [2.24, 2.45) is 4.99 Å². The lowest BCUT2D eigenvalue weighted by molar-refractivity contribution is -0.139. The Morgan fingerprint density at radius 3 is 2.69 bits per heavy atom. The Hall–Kier alpha value is -3.73. The second kappa shape index (κ2) is 10.5. The van der Waals surface area contributed by atoms with Crippen molar-refractivity contribution in [1.29, 1.82) is 0 Å². The first kappa shape index (κ1) is 25.4. The Morgan fingerprint density at radius 2 is 1.94 bits per heavy atom. The van der Waals surface area contributed by atoms with E-state index in [9.17, 15) is 22.8 Å². The highest BCUT2D eigenvalue weighted by atomic mass is 32.2. The molecule has 0 fully saturated rings. The molecule has 2 heterocycles. The number of anilines is 1. The zero-order chi connectivity index (χ0) is 25.9. The summed E-state index contributed by atoms with van der Waals surface area (Å²) in [5.74, 6) is -0.916. The van der Waals surface area contributed by atoms with Gasteiger partial charge in [-0.05, 0) is 49.1 Å². The predicted octanol–water partition coefficient (Wildman–Crippen LogP) is 5.49. The van der Waals surface area contributed by atoms with Crippen molar-refractivity contribution in [3.05, 3.63) is 82.5 Å². The molecule has 7 nitrogen and oxygen atoms in total. The highest BCUT2D eigenvalue weighted by Crippen LogP contribution is 2.41. The smallest absolute Gasteiger partial charge is 0.418 e. The minimum absolute atomic E-state index is 0.208. The number of carbonyl (C=O) groups excluding carboxylic acids is 2. The lowest BCUT2D eigenvalue weighted by atomic mass is 9.94. The highest BCUT2D eigenvalue weighted by molar-refractivity contribution is 8.16. The van der Waals surface area contributed by atoms with Gasteiger partial charge in [0.05, 0.1) is 35.2 Å². The molecule has 1 atom stereocenters. The first-order valence-corrected chi connectivity index (χ1v) is 11.8. The van der Waals surface area contributed by atoms with Gasteiger partial charge in [-0.2, -0.15) is 13.2 Å². The van der Waals surface area contributed by atoms with Crippen LogP contribution in [-0.4, -0.2) is 35.2 Å². The third kappa shape index (κ3) is 5.40. The largest absolute Gasteiger partial charge is 0.484 e. The summed E-state index contributed by atoms with van der Waals surface area (Å²) in [4.78, 5) is 31.5. The number of esters is 1. The molecule has 188 valence electrons. The number of halogens is 3. The second-order valence-corrected chi connectivity index (χ2v) is 8.65. The van der Waals surface area contributed by atoms with Gasteiger partial charge in [-0.3, -0.25) is 4.79 Å². The van der Waals surface area contributed by atoms with Crippen LogP contribution in [0.15, 0.2) is 76.4 Å². The van der Waals surface area contributed by atoms with E-state index in [1.54, 1.807) is 32.0 Å². The van der Waals surface area contributed by atoms with E-state index in [1.165, 1.54) is 30.0 Å². The molecule has 0 radical (unpaired) electrons. The van der Waals surface area contributed by atoms with Crippen molar-refractivity contribution in [1.82, 2.24) is 4.90 Å². The number of rotatable bonds is 7. The number of amides is 1. The molecule has 0 aromatic heterocycles. The van der Waals surface area contributed by atoms with Crippen molar-refractivity contribution in [2.75, 3.05) is 18.5 Å². The van der Waals surface area contributed by atoms with Crippen LogP contribution in [0.4, 0.5) is 18.9 Å². The number of para-hydroxylation sites is 1. The molecule has 4 rings (SSSR count). The monoisotopic (exact) mass is 517 g/mol. The normalized spacial score (nSPS) is 17.0. The Kier molecular flexibility index (Phi) is 7.39. The molecule has 11 heteroatoms. The fraction of sp³-hybridized carbons (Fsp3) is 0.240. The molecule has 1 amide bonds. The first-order chi connectivity index (χ1) is 17.2. The number of nitrogens with zero attached hydrogens (tertiary/aromatic N) is 2. The third-order valence-electron chi connectivity index (χ3n) is 5.37. The number of carbonyl (C=O) groups is 2. The van der Waals surface area contributed by atoms with Crippen LogP contribution < -0.4 is 10.1 Å². The second-order valence-electron chi connectivity index (χ2n) is 7.78.